The van der Waals surface area contributed by atoms with Crippen molar-refractivity contribution in [2.24, 2.45) is 0 Å². The van der Waals surface area contributed by atoms with Crippen molar-refractivity contribution in [3.8, 4) is 5.69 Å². The van der Waals surface area contributed by atoms with Crippen molar-refractivity contribution in [3.05, 3.63) is 41.9 Å². The molecule has 2 heterocycles. The summed E-state index contributed by atoms with van der Waals surface area (Å²) in [6.07, 6.45) is 9.13. The zero-order valence-electron chi connectivity index (χ0n) is 12.2. The fourth-order valence-corrected chi connectivity index (χ4v) is 3.27. The highest BCUT2D eigenvalue weighted by molar-refractivity contribution is 6.33. The molecule has 2 atom stereocenters. The standard InChI is InChI=1S/C16H21ClN4/c1-12(10-13-4-3-7-19-13)20-15-6-2-5-14(17)16(15)21-9-8-18-11-21/h2,5-6,8-9,11-13,19-20H,3-4,7,10H2,1H3. The molecular formula is C16H21ClN4. The summed E-state index contributed by atoms with van der Waals surface area (Å²) in [5.74, 6) is 0. The number of halogens is 1. The predicted octanol–water partition coefficient (Wildman–Crippen LogP) is 3.47. The third-order valence-corrected chi connectivity index (χ3v) is 4.26. The maximum atomic E-state index is 6.37. The number of nitrogens with one attached hydrogen (secondary N) is 2. The average molecular weight is 305 g/mol. The van der Waals surface area contributed by atoms with E-state index in [4.69, 9.17) is 11.6 Å². The number of aromatic nitrogens is 2. The van der Waals surface area contributed by atoms with Crippen molar-refractivity contribution < 1.29 is 0 Å². The topological polar surface area (TPSA) is 41.9 Å². The molecule has 0 amide bonds. The van der Waals surface area contributed by atoms with E-state index in [1.165, 1.54) is 12.8 Å². The van der Waals surface area contributed by atoms with Crippen LogP contribution in [0.4, 0.5) is 5.69 Å². The van der Waals surface area contributed by atoms with Crippen LogP contribution in [0.2, 0.25) is 5.02 Å². The van der Waals surface area contributed by atoms with E-state index in [-0.39, 0.29) is 0 Å². The molecule has 2 unspecified atom stereocenters. The van der Waals surface area contributed by atoms with Crippen LogP contribution in [0.5, 0.6) is 0 Å². The van der Waals surface area contributed by atoms with E-state index in [0.29, 0.717) is 12.1 Å². The van der Waals surface area contributed by atoms with Crippen LogP contribution in [-0.2, 0) is 0 Å². The lowest BCUT2D eigenvalue weighted by Crippen LogP contribution is -2.29. The fraction of sp³-hybridized carbons (Fsp3) is 0.438. The normalized spacial score (nSPS) is 19.6. The lowest BCUT2D eigenvalue weighted by Gasteiger charge is -2.22. The van der Waals surface area contributed by atoms with Gasteiger partial charge in [0.25, 0.3) is 0 Å². The Morgan fingerprint density at radius 2 is 2.43 bits per heavy atom. The Labute approximate surface area is 130 Å². The Hall–Kier alpha value is -1.52. The minimum Gasteiger partial charge on any atom is -0.381 e. The molecule has 0 bridgehead atoms. The van der Waals surface area contributed by atoms with Crippen molar-refractivity contribution in [3.63, 3.8) is 0 Å². The minimum atomic E-state index is 0.390. The smallest absolute Gasteiger partial charge is 0.0992 e. The first-order chi connectivity index (χ1) is 10.2. The van der Waals surface area contributed by atoms with Crippen molar-refractivity contribution in [1.82, 2.24) is 14.9 Å². The van der Waals surface area contributed by atoms with E-state index in [2.05, 4.69) is 28.6 Å². The van der Waals surface area contributed by atoms with Crippen molar-refractivity contribution >= 4 is 17.3 Å². The van der Waals surface area contributed by atoms with Crippen molar-refractivity contribution in [1.29, 1.82) is 0 Å². The molecule has 0 spiro atoms. The van der Waals surface area contributed by atoms with Gasteiger partial charge in [-0.05, 0) is 44.9 Å². The Morgan fingerprint density at radius 3 is 3.14 bits per heavy atom. The predicted molar refractivity (Wildman–Crippen MR) is 87.3 cm³/mol. The number of nitrogens with zero attached hydrogens (tertiary/aromatic N) is 2. The number of hydrogen-bond donors (Lipinski definition) is 2. The summed E-state index contributed by atoms with van der Waals surface area (Å²) in [5, 5.41) is 7.87. The number of benzene rings is 1. The number of anilines is 1. The minimum absolute atomic E-state index is 0.390. The molecular weight excluding hydrogens is 284 g/mol. The third-order valence-electron chi connectivity index (χ3n) is 3.95. The maximum absolute atomic E-state index is 6.37. The molecule has 0 aliphatic carbocycles. The average Bonchev–Trinajstić information content (AvgIpc) is 3.11. The Morgan fingerprint density at radius 1 is 1.52 bits per heavy atom. The Balaban J connectivity index is 1.77. The third kappa shape index (κ3) is 3.39. The van der Waals surface area contributed by atoms with Gasteiger partial charge in [0.05, 0.1) is 22.7 Å². The quantitative estimate of drug-likeness (QED) is 0.889. The van der Waals surface area contributed by atoms with Crippen LogP contribution in [0.1, 0.15) is 26.2 Å². The molecule has 0 saturated carbocycles. The molecule has 1 aliphatic rings. The van der Waals surface area contributed by atoms with Gasteiger partial charge in [-0.2, -0.15) is 0 Å². The Bertz CT molecular complexity index is 576. The lowest BCUT2D eigenvalue weighted by atomic mass is 10.1. The molecule has 1 saturated heterocycles. The van der Waals surface area contributed by atoms with E-state index in [1.807, 2.05) is 22.9 Å². The summed E-state index contributed by atoms with van der Waals surface area (Å²) in [6, 6.07) is 6.97. The largest absolute Gasteiger partial charge is 0.381 e. The highest BCUT2D eigenvalue weighted by Crippen LogP contribution is 2.29. The van der Waals surface area contributed by atoms with Gasteiger partial charge in [0.2, 0.25) is 0 Å². The van der Waals surface area contributed by atoms with Gasteiger partial charge in [0.15, 0.2) is 0 Å². The van der Waals surface area contributed by atoms with Crippen molar-refractivity contribution in [2.75, 3.05) is 11.9 Å². The monoisotopic (exact) mass is 304 g/mol. The summed E-state index contributed by atoms with van der Waals surface area (Å²) in [5.41, 5.74) is 2.01. The second-order valence-corrected chi connectivity index (χ2v) is 6.09. The van der Waals surface area contributed by atoms with Crippen LogP contribution in [0.15, 0.2) is 36.9 Å². The van der Waals surface area contributed by atoms with Crippen LogP contribution < -0.4 is 10.6 Å². The van der Waals surface area contributed by atoms with Crippen LogP contribution in [0.25, 0.3) is 5.69 Å². The molecule has 21 heavy (non-hydrogen) atoms. The Kier molecular flexibility index (Phi) is 4.46. The van der Waals surface area contributed by atoms with E-state index < -0.39 is 0 Å². The summed E-state index contributed by atoms with van der Waals surface area (Å²) < 4.78 is 1.95. The highest BCUT2D eigenvalue weighted by Gasteiger charge is 2.18. The first kappa shape index (κ1) is 14.4. The summed E-state index contributed by atoms with van der Waals surface area (Å²) >= 11 is 6.37. The van der Waals surface area contributed by atoms with E-state index in [1.54, 1.807) is 12.5 Å². The second-order valence-electron chi connectivity index (χ2n) is 5.68. The van der Waals surface area contributed by atoms with E-state index in [9.17, 15) is 0 Å². The lowest BCUT2D eigenvalue weighted by molar-refractivity contribution is 0.523. The van der Waals surface area contributed by atoms with Gasteiger partial charge in [-0.25, -0.2) is 4.98 Å². The number of rotatable bonds is 5. The SMILES string of the molecule is CC(CC1CCCN1)Nc1cccc(Cl)c1-n1ccnc1. The first-order valence-electron chi connectivity index (χ1n) is 7.51. The second kappa shape index (κ2) is 6.50. The maximum Gasteiger partial charge on any atom is 0.0992 e. The van der Waals surface area contributed by atoms with E-state index in [0.717, 1.165) is 29.4 Å². The van der Waals surface area contributed by atoms with Gasteiger partial charge in [-0.3, -0.25) is 0 Å². The van der Waals surface area contributed by atoms with Gasteiger partial charge < -0.3 is 15.2 Å². The van der Waals surface area contributed by atoms with Gasteiger partial charge in [-0.1, -0.05) is 17.7 Å². The molecule has 2 N–H and O–H groups in total. The number of para-hydroxylation sites is 1. The highest BCUT2D eigenvalue weighted by atomic mass is 35.5. The number of imidazole rings is 1. The molecule has 5 heteroatoms. The molecule has 2 aromatic rings. The van der Waals surface area contributed by atoms with Crippen LogP contribution >= 0.6 is 11.6 Å². The molecule has 1 aliphatic heterocycles. The first-order valence-corrected chi connectivity index (χ1v) is 7.88. The van der Waals surface area contributed by atoms with Gasteiger partial charge >= 0.3 is 0 Å². The molecule has 112 valence electrons. The molecule has 3 rings (SSSR count). The molecule has 0 radical (unpaired) electrons. The van der Waals surface area contributed by atoms with Gasteiger partial charge in [0, 0.05) is 24.5 Å². The zero-order valence-corrected chi connectivity index (χ0v) is 13.0. The van der Waals surface area contributed by atoms with Crippen LogP contribution in [-0.4, -0.2) is 28.2 Å². The molecule has 1 aromatic carbocycles. The van der Waals surface area contributed by atoms with Crippen molar-refractivity contribution in [2.45, 2.75) is 38.3 Å². The van der Waals surface area contributed by atoms with Gasteiger partial charge in [0.1, 0.15) is 0 Å². The van der Waals surface area contributed by atoms with Crippen LogP contribution in [0.3, 0.4) is 0 Å². The molecule has 1 aromatic heterocycles. The summed E-state index contributed by atoms with van der Waals surface area (Å²) in [6.45, 7) is 3.37. The molecule has 1 fully saturated rings. The summed E-state index contributed by atoms with van der Waals surface area (Å²) in [7, 11) is 0. The summed E-state index contributed by atoms with van der Waals surface area (Å²) in [4.78, 5) is 4.11. The molecule has 4 nitrogen and oxygen atoms in total. The number of hydrogen-bond acceptors (Lipinski definition) is 3. The van der Waals surface area contributed by atoms with Gasteiger partial charge in [-0.15, -0.1) is 0 Å². The fourth-order valence-electron chi connectivity index (χ4n) is 2.99. The zero-order chi connectivity index (χ0) is 14.7. The van der Waals surface area contributed by atoms with E-state index >= 15 is 0 Å². The van der Waals surface area contributed by atoms with Crippen LogP contribution in [0, 0.1) is 0 Å².